The fourth-order valence-electron chi connectivity index (χ4n) is 2.27. The molecule has 2 rings (SSSR count). The molecule has 0 saturated heterocycles. The van der Waals surface area contributed by atoms with E-state index >= 15 is 0 Å². The zero-order valence-electron chi connectivity index (χ0n) is 9.36. The van der Waals surface area contributed by atoms with E-state index in [2.05, 4.69) is 25.1 Å². The smallest absolute Gasteiger partial charge is 0.226 e. The van der Waals surface area contributed by atoms with Gasteiger partial charge in [0.05, 0.1) is 0 Å². The number of para-hydroxylation sites is 1. The Balaban J connectivity index is 2.37. The lowest BCUT2D eigenvalue weighted by atomic mass is 9.99. The van der Waals surface area contributed by atoms with E-state index in [1.54, 1.807) is 0 Å². The molecule has 0 spiro atoms. The summed E-state index contributed by atoms with van der Waals surface area (Å²) in [6, 6.07) is 8.26. The Morgan fingerprint density at radius 2 is 2.13 bits per heavy atom. The summed E-state index contributed by atoms with van der Waals surface area (Å²) in [5, 5.41) is 0. The minimum Gasteiger partial charge on any atom is -0.312 e. The fourth-order valence-corrected chi connectivity index (χ4v) is 2.27. The number of rotatable bonds is 2. The van der Waals surface area contributed by atoms with E-state index in [0.717, 1.165) is 18.7 Å². The number of carbonyl (C=O) groups is 1. The van der Waals surface area contributed by atoms with Crippen LogP contribution >= 0.6 is 0 Å². The summed E-state index contributed by atoms with van der Waals surface area (Å²) in [5.41, 5.74) is 2.46. The zero-order valence-corrected chi connectivity index (χ0v) is 9.36. The molecule has 1 aliphatic rings. The monoisotopic (exact) mass is 203 g/mol. The largest absolute Gasteiger partial charge is 0.312 e. The molecular formula is C13H17NO. The number of hydrogen-bond donors (Lipinski definition) is 0. The van der Waals surface area contributed by atoms with Crippen LogP contribution in [0.3, 0.4) is 0 Å². The summed E-state index contributed by atoms with van der Waals surface area (Å²) in [5.74, 6) is 0.759. The van der Waals surface area contributed by atoms with Gasteiger partial charge in [-0.05, 0) is 18.1 Å². The van der Waals surface area contributed by atoms with Crippen molar-refractivity contribution in [1.82, 2.24) is 0 Å². The van der Waals surface area contributed by atoms with Gasteiger partial charge in [0.1, 0.15) is 0 Å². The number of nitrogens with zero attached hydrogens (tertiary/aromatic N) is 1. The average Bonchev–Trinajstić information content (AvgIpc) is 2.67. The van der Waals surface area contributed by atoms with Crippen molar-refractivity contribution in [3.05, 3.63) is 29.8 Å². The second-order valence-corrected chi connectivity index (χ2v) is 4.02. The second kappa shape index (κ2) is 4.05. The van der Waals surface area contributed by atoms with Gasteiger partial charge in [0, 0.05) is 24.6 Å². The van der Waals surface area contributed by atoms with Gasteiger partial charge in [-0.1, -0.05) is 32.0 Å². The summed E-state index contributed by atoms with van der Waals surface area (Å²) in [4.78, 5) is 13.7. The van der Waals surface area contributed by atoms with E-state index in [9.17, 15) is 4.79 Å². The van der Waals surface area contributed by atoms with Gasteiger partial charge in [-0.25, -0.2) is 0 Å². The Morgan fingerprint density at radius 1 is 1.40 bits per heavy atom. The van der Waals surface area contributed by atoms with Crippen molar-refractivity contribution in [1.29, 1.82) is 0 Å². The van der Waals surface area contributed by atoms with Crippen LogP contribution in [0.25, 0.3) is 0 Å². The maximum absolute atomic E-state index is 11.8. The molecular weight excluding hydrogens is 186 g/mol. The maximum Gasteiger partial charge on any atom is 0.226 e. The molecule has 0 radical (unpaired) electrons. The van der Waals surface area contributed by atoms with Crippen molar-refractivity contribution in [3.63, 3.8) is 0 Å². The van der Waals surface area contributed by atoms with Crippen molar-refractivity contribution in [2.45, 2.75) is 32.6 Å². The van der Waals surface area contributed by atoms with Crippen LogP contribution in [0.2, 0.25) is 0 Å². The molecule has 15 heavy (non-hydrogen) atoms. The molecule has 0 fully saturated rings. The summed E-state index contributed by atoms with van der Waals surface area (Å²) < 4.78 is 0. The quantitative estimate of drug-likeness (QED) is 0.723. The van der Waals surface area contributed by atoms with Crippen LogP contribution in [0.4, 0.5) is 5.69 Å². The molecule has 1 aromatic rings. The number of amides is 1. The zero-order chi connectivity index (χ0) is 10.8. The molecule has 2 nitrogen and oxygen atoms in total. The van der Waals surface area contributed by atoms with Crippen molar-refractivity contribution in [2.75, 3.05) is 11.4 Å². The van der Waals surface area contributed by atoms with Gasteiger partial charge in [-0.2, -0.15) is 0 Å². The molecule has 0 aliphatic carbocycles. The number of hydrogen-bond acceptors (Lipinski definition) is 1. The van der Waals surface area contributed by atoms with Crippen molar-refractivity contribution < 1.29 is 4.79 Å². The van der Waals surface area contributed by atoms with Crippen molar-refractivity contribution in [2.24, 2.45) is 0 Å². The predicted molar refractivity (Wildman–Crippen MR) is 62.1 cm³/mol. The summed E-state index contributed by atoms with van der Waals surface area (Å²) in [7, 11) is 0. The predicted octanol–water partition coefficient (Wildman–Crippen LogP) is 2.94. The molecule has 1 unspecified atom stereocenters. The minimum absolute atomic E-state index is 0.235. The van der Waals surface area contributed by atoms with Gasteiger partial charge >= 0.3 is 0 Å². The summed E-state index contributed by atoms with van der Waals surface area (Å²) >= 11 is 0. The Morgan fingerprint density at radius 3 is 2.80 bits per heavy atom. The number of carbonyl (C=O) groups excluding carboxylic acids is 1. The van der Waals surface area contributed by atoms with E-state index in [1.165, 1.54) is 5.56 Å². The van der Waals surface area contributed by atoms with Crippen LogP contribution in [0.5, 0.6) is 0 Å². The molecule has 0 aromatic heterocycles. The van der Waals surface area contributed by atoms with E-state index in [0.29, 0.717) is 12.3 Å². The second-order valence-electron chi connectivity index (χ2n) is 4.02. The van der Waals surface area contributed by atoms with Crippen LogP contribution in [0, 0.1) is 0 Å². The molecule has 0 N–H and O–H groups in total. The third-order valence-electron chi connectivity index (χ3n) is 3.17. The Kier molecular flexibility index (Phi) is 2.76. The van der Waals surface area contributed by atoms with Gasteiger partial charge in [0.25, 0.3) is 0 Å². The minimum atomic E-state index is 0.235. The first kappa shape index (κ1) is 10.2. The van der Waals surface area contributed by atoms with Crippen LogP contribution in [-0.2, 0) is 4.79 Å². The molecule has 1 aromatic carbocycles. The summed E-state index contributed by atoms with van der Waals surface area (Å²) in [6.07, 6.45) is 1.69. The van der Waals surface area contributed by atoms with E-state index in [1.807, 2.05) is 17.9 Å². The highest BCUT2D eigenvalue weighted by Gasteiger charge is 2.29. The standard InChI is InChI=1S/C13H17NO/c1-3-10-9-14(13(15)4-2)12-8-6-5-7-11(10)12/h5-8,10H,3-4,9H2,1-2H3. The molecule has 0 saturated carbocycles. The van der Waals surface area contributed by atoms with Crippen LogP contribution < -0.4 is 4.90 Å². The van der Waals surface area contributed by atoms with E-state index in [-0.39, 0.29) is 5.91 Å². The Labute approximate surface area is 90.9 Å². The van der Waals surface area contributed by atoms with Gasteiger partial charge < -0.3 is 4.90 Å². The molecule has 1 heterocycles. The van der Waals surface area contributed by atoms with Gasteiger partial charge in [0.2, 0.25) is 5.91 Å². The van der Waals surface area contributed by atoms with Crippen molar-refractivity contribution >= 4 is 11.6 Å². The molecule has 1 aliphatic heterocycles. The van der Waals surface area contributed by atoms with Gasteiger partial charge in [0.15, 0.2) is 0 Å². The Bertz CT molecular complexity index is 373. The van der Waals surface area contributed by atoms with E-state index in [4.69, 9.17) is 0 Å². The average molecular weight is 203 g/mol. The van der Waals surface area contributed by atoms with Gasteiger partial charge in [-0.3, -0.25) is 4.79 Å². The number of anilines is 1. The molecule has 1 atom stereocenters. The lowest BCUT2D eigenvalue weighted by Gasteiger charge is -2.16. The van der Waals surface area contributed by atoms with Crippen molar-refractivity contribution in [3.8, 4) is 0 Å². The first-order chi connectivity index (χ1) is 7.27. The highest BCUT2D eigenvalue weighted by atomic mass is 16.2. The SMILES string of the molecule is CCC(=O)N1CC(CC)c2ccccc21. The lowest BCUT2D eigenvalue weighted by molar-refractivity contribution is -0.118. The first-order valence-corrected chi connectivity index (χ1v) is 5.67. The topological polar surface area (TPSA) is 20.3 Å². The van der Waals surface area contributed by atoms with E-state index < -0.39 is 0 Å². The first-order valence-electron chi connectivity index (χ1n) is 5.67. The number of fused-ring (bicyclic) bond motifs is 1. The molecule has 0 bridgehead atoms. The highest BCUT2D eigenvalue weighted by molar-refractivity contribution is 5.95. The van der Waals surface area contributed by atoms with Gasteiger partial charge in [-0.15, -0.1) is 0 Å². The number of benzene rings is 1. The fraction of sp³-hybridized carbons (Fsp3) is 0.462. The summed E-state index contributed by atoms with van der Waals surface area (Å²) in [6.45, 7) is 4.97. The normalized spacial score (nSPS) is 19.1. The highest BCUT2D eigenvalue weighted by Crippen LogP contribution is 2.37. The molecule has 2 heteroatoms. The lowest BCUT2D eigenvalue weighted by Crippen LogP contribution is -2.28. The van der Waals surface area contributed by atoms with Crippen LogP contribution in [0.1, 0.15) is 38.2 Å². The van der Waals surface area contributed by atoms with Crippen LogP contribution in [0.15, 0.2) is 24.3 Å². The Hall–Kier alpha value is -1.31. The molecule has 1 amide bonds. The molecule has 80 valence electrons. The van der Waals surface area contributed by atoms with Crippen LogP contribution in [-0.4, -0.2) is 12.5 Å². The third-order valence-corrected chi connectivity index (χ3v) is 3.17. The maximum atomic E-state index is 11.8. The third kappa shape index (κ3) is 1.65.